The Bertz CT molecular complexity index is 210. The van der Waals surface area contributed by atoms with Crippen molar-refractivity contribution in [1.82, 2.24) is 0 Å². The first-order chi connectivity index (χ1) is 4.97. The summed E-state index contributed by atoms with van der Waals surface area (Å²) in [7, 11) is 0. The van der Waals surface area contributed by atoms with Gasteiger partial charge in [0.25, 0.3) is 0 Å². The second kappa shape index (κ2) is 1.71. The van der Waals surface area contributed by atoms with Crippen LogP contribution in [0.15, 0.2) is 12.2 Å². The van der Waals surface area contributed by atoms with Crippen molar-refractivity contribution in [3.05, 3.63) is 12.2 Å². The van der Waals surface area contributed by atoms with Gasteiger partial charge < -0.3 is 4.74 Å². The zero-order valence-electron chi connectivity index (χ0n) is 7.61. The maximum absolute atomic E-state index is 5.89. The molecule has 1 nitrogen and oxygen atoms in total. The molecule has 0 radical (unpaired) electrons. The van der Waals surface area contributed by atoms with Gasteiger partial charge in [-0.25, -0.2) is 0 Å². The van der Waals surface area contributed by atoms with Crippen molar-refractivity contribution in [2.45, 2.75) is 45.3 Å². The minimum absolute atomic E-state index is 0.00810. The molecule has 0 aromatic carbocycles. The van der Waals surface area contributed by atoms with Gasteiger partial charge in [-0.2, -0.15) is 0 Å². The lowest BCUT2D eigenvalue weighted by Crippen LogP contribution is -2.31. The summed E-state index contributed by atoms with van der Waals surface area (Å²) in [6.45, 7) is 10.8. The van der Waals surface area contributed by atoms with Gasteiger partial charge >= 0.3 is 0 Å². The van der Waals surface area contributed by atoms with Gasteiger partial charge in [-0.15, -0.1) is 0 Å². The molecule has 2 bridgehead atoms. The first kappa shape index (κ1) is 7.35. The second-order valence-corrected chi connectivity index (χ2v) is 4.58. The van der Waals surface area contributed by atoms with E-state index < -0.39 is 0 Å². The highest BCUT2D eigenvalue weighted by atomic mass is 16.5. The maximum Gasteiger partial charge on any atom is 0.0872 e. The van der Waals surface area contributed by atoms with Gasteiger partial charge in [0.15, 0.2) is 0 Å². The fraction of sp³-hybridized carbons (Fsp3) is 0.800. The summed E-state index contributed by atoms with van der Waals surface area (Å²) < 4.78 is 5.89. The molecule has 0 amide bonds. The summed E-state index contributed by atoms with van der Waals surface area (Å²) in [5, 5.41) is 0. The van der Waals surface area contributed by atoms with E-state index in [0.29, 0.717) is 6.10 Å². The minimum atomic E-state index is 0.00810. The molecule has 11 heavy (non-hydrogen) atoms. The van der Waals surface area contributed by atoms with Crippen LogP contribution < -0.4 is 0 Å². The molecule has 0 aromatic heterocycles. The van der Waals surface area contributed by atoms with Crippen molar-refractivity contribution in [2.75, 3.05) is 0 Å². The van der Waals surface area contributed by atoms with Crippen LogP contribution in [0.1, 0.15) is 33.6 Å². The molecule has 0 aliphatic carbocycles. The van der Waals surface area contributed by atoms with Crippen molar-refractivity contribution in [3.63, 3.8) is 0 Å². The lowest BCUT2D eigenvalue weighted by atomic mass is 9.69. The first-order valence-electron chi connectivity index (χ1n) is 4.34. The smallest absolute Gasteiger partial charge is 0.0872 e. The predicted molar refractivity (Wildman–Crippen MR) is 45.4 cm³/mol. The van der Waals surface area contributed by atoms with E-state index in [2.05, 4.69) is 27.4 Å². The van der Waals surface area contributed by atoms with Gasteiger partial charge in [0.2, 0.25) is 0 Å². The molecule has 0 aromatic rings. The van der Waals surface area contributed by atoms with Crippen molar-refractivity contribution in [1.29, 1.82) is 0 Å². The molecule has 2 atom stereocenters. The second-order valence-electron chi connectivity index (χ2n) is 4.58. The van der Waals surface area contributed by atoms with E-state index in [-0.39, 0.29) is 11.0 Å². The molecule has 0 saturated carbocycles. The third-order valence-corrected chi connectivity index (χ3v) is 3.51. The van der Waals surface area contributed by atoms with E-state index in [1.54, 1.807) is 0 Å². The summed E-state index contributed by atoms with van der Waals surface area (Å²) in [6.07, 6.45) is 2.81. The summed E-state index contributed by atoms with van der Waals surface area (Å²) in [6, 6.07) is 0. The normalized spacial score (nSPS) is 46.8. The monoisotopic (exact) mass is 152 g/mol. The van der Waals surface area contributed by atoms with Crippen LogP contribution in [0.2, 0.25) is 0 Å². The average molecular weight is 152 g/mol. The van der Waals surface area contributed by atoms with Crippen molar-refractivity contribution < 1.29 is 4.74 Å². The molecule has 2 aliphatic rings. The van der Waals surface area contributed by atoms with E-state index in [1.165, 1.54) is 18.4 Å². The third-order valence-electron chi connectivity index (χ3n) is 3.51. The van der Waals surface area contributed by atoms with E-state index in [0.717, 1.165) is 0 Å². The molecule has 2 heterocycles. The Hall–Kier alpha value is -0.300. The lowest BCUT2D eigenvalue weighted by molar-refractivity contribution is 0.0233. The SMILES string of the molecule is C=C1C2(C)CCC(O2)C1(C)C. The van der Waals surface area contributed by atoms with Crippen molar-refractivity contribution in [2.24, 2.45) is 5.41 Å². The minimum Gasteiger partial charge on any atom is -0.367 e. The Kier molecular flexibility index (Phi) is 1.15. The Balaban J connectivity index is 2.42. The van der Waals surface area contributed by atoms with Gasteiger partial charge in [-0.3, -0.25) is 0 Å². The molecular weight excluding hydrogens is 136 g/mol. The molecule has 62 valence electrons. The Labute approximate surface area is 68.4 Å². The molecule has 2 saturated heterocycles. The van der Waals surface area contributed by atoms with Crippen LogP contribution in [0.25, 0.3) is 0 Å². The molecular formula is C10H16O. The maximum atomic E-state index is 5.89. The zero-order valence-corrected chi connectivity index (χ0v) is 7.61. The van der Waals surface area contributed by atoms with E-state index >= 15 is 0 Å². The van der Waals surface area contributed by atoms with Crippen molar-refractivity contribution in [3.8, 4) is 0 Å². The molecule has 2 fully saturated rings. The van der Waals surface area contributed by atoms with E-state index in [9.17, 15) is 0 Å². The highest BCUT2D eigenvalue weighted by Crippen LogP contribution is 2.56. The number of hydrogen-bond acceptors (Lipinski definition) is 1. The Morgan fingerprint density at radius 1 is 1.45 bits per heavy atom. The van der Waals surface area contributed by atoms with Crippen LogP contribution in [-0.2, 0) is 4.74 Å². The van der Waals surface area contributed by atoms with E-state index in [1.807, 2.05) is 0 Å². The van der Waals surface area contributed by atoms with Gasteiger partial charge in [0, 0.05) is 5.41 Å². The summed E-state index contributed by atoms with van der Waals surface area (Å²) in [5.41, 5.74) is 1.52. The van der Waals surface area contributed by atoms with Crippen LogP contribution in [0.5, 0.6) is 0 Å². The number of hydrogen-bond donors (Lipinski definition) is 0. The fourth-order valence-electron chi connectivity index (χ4n) is 2.44. The van der Waals surface area contributed by atoms with Gasteiger partial charge in [0.05, 0.1) is 11.7 Å². The lowest BCUT2D eigenvalue weighted by Gasteiger charge is -2.31. The average Bonchev–Trinajstić information content (AvgIpc) is 2.36. The topological polar surface area (TPSA) is 9.23 Å². The largest absolute Gasteiger partial charge is 0.367 e. The number of rotatable bonds is 0. The highest BCUT2D eigenvalue weighted by molar-refractivity contribution is 5.29. The van der Waals surface area contributed by atoms with Crippen molar-refractivity contribution >= 4 is 0 Å². The molecule has 0 N–H and O–H groups in total. The van der Waals surface area contributed by atoms with Gasteiger partial charge in [-0.1, -0.05) is 20.4 Å². The van der Waals surface area contributed by atoms with E-state index in [4.69, 9.17) is 4.74 Å². The van der Waals surface area contributed by atoms with Crippen LogP contribution in [0.4, 0.5) is 0 Å². The van der Waals surface area contributed by atoms with Crippen LogP contribution in [0, 0.1) is 5.41 Å². The van der Waals surface area contributed by atoms with Crippen LogP contribution >= 0.6 is 0 Å². The third kappa shape index (κ3) is 0.698. The Morgan fingerprint density at radius 2 is 2.09 bits per heavy atom. The first-order valence-corrected chi connectivity index (χ1v) is 4.34. The summed E-state index contributed by atoms with van der Waals surface area (Å²) in [5.74, 6) is 0. The standard InChI is InChI=1S/C10H16O/c1-7-9(2,3)8-5-6-10(7,4)11-8/h8H,1,5-6H2,2-4H3. The summed E-state index contributed by atoms with van der Waals surface area (Å²) >= 11 is 0. The fourth-order valence-corrected chi connectivity index (χ4v) is 2.44. The molecule has 0 spiro atoms. The van der Waals surface area contributed by atoms with Gasteiger partial charge in [0.1, 0.15) is 0 Å². The number of ether oxygens (including phenoxy) is 1. The molecule has 2 aliphatic heterocycles. The van der Waals surface area contributed by atoms with Crippen LogP contribution in [0.3, 0.4) is 0 Å². The quantitative estimate of drug-likeness (QED) is 0.485. The number of fused-ring (bicyclic) bond motifs is 2. The van der Waals surface area contributed by atoms with Crippen LogP contribution in [-0.4, -0.2) is 11.7 Å². The summed E-state index contributed by atoms with van der Waals surface area (Å²) in [4.78, 5) is 0. The highest BCUT2D eigenvalue weighted by Gasteiger charge is 2.56. The Morgan fingerprint density at radius 3 is 2.36 bits per heavy atom. The molecule has 2 unspecified atom stereocenters. The molecule has 1 heteroatoms. The molecule has 2 rings (SSSR count). The predicted octanol–water partition coefficient (Wildman–Crippen LogP) is 2.52. The zero-order chi connectivity index (χ0) is 8.28. The van der Waals surface area contributed by atoms with Gasteiger partial charge in [-0.05, 0) is 25.3 Å².